The molecule has 2 aromatic carbocycles. The summed E-state index contributed by atoms with van der Waals surface area (Å²) in [5, 5.41) is 16.9. The van der Waals surface area contributed by atoms with Crippen LogP contribution in [0.4, 0.5) is 33.3 Å². The lowest BCUT2D eigenvalue weighted by Crippen LogP contribution is -2.20. The number of benzene rings is 2. The predicted molar refractivity (Wildman–Crippen MR) is 110 cm³/mol. The highest BCUT2D eigenvalue weighted by Gasteiger charge is 2.30. The number of amides is 1. The van der Waals surface area contributed by atoms with Gasteiger partial charge in [-0.2, -0.15) is 18.3 Å². The van der Waals surface area contributed by atoms with Gasteiger partial charge in [0.1, 0.15) is 23.7 Å². The summed E-state index contributed by atoms with van der Waals surface area (Å²) < 4.78 is 70.9. The van der Waals surface area contributed by atoms with E-state index in [1.807, 2.05) is 0 Å². The number of nitro groups is 1. The lowest BCUT2D eigenvalue weighted by atomic mass is 10.2. The molecule has 1 aromatic heterocycles. The van der Waals surface area contributed by atoms with E-state index >= 15 is 0 Å². The topological polar surface area (TPSA) is 99.3 Å². The molecular weight excluding hydrogens is 491 g/mol. The van der Waals surface area contributed by atoms with Gasteiger partial charge in [-0.3, -0.25) is 19.6 Å². The van der Waals surface area contributed by atoms with Crippen LogP contribution in [0.25, 0.3) is 0 Å². The fourth-order valence-corrected chi connectivity index (χ4v) is 3.09. The second-order valence-corrected chi connectivity index (χ2v) is 7.27. The molecule has 0 aliphatic heterocycles. The molecule has 0 aliphatic rings. The van der Waals surface area contributed by atoms with E-state index in [2.05, 4.69) is 10.4 Å². The second kappa shape index (κ2) is 9.63. The number of nitrogens with one attached hydrogen (secondary N) is 1. The van der Waals surface area contributed by atoms with Crippen molar-refractivity contribution in [2.75, 3.05) is 5.32 Å². The summed E-state index contributed by atoms with van der Waals surface area (Å²) in [6.45, 7) is 0.841. The van der Waals surface area contributed by atoms with E-state index in [-0.39, 0.29) is 27.9 Å². The van der Waals surface area contributed by atoms with Gasteiger partial charge in [0, 0.05) is 12.1 Å². The number of carbonyl (C=O) groups is 1. The van der Waals surface area contributed by atoms with Crippen molar-refractivity contribution in [2.45, 2.75) is 26.1 Å². The molecule has 3 rings (SSSR count). The molecule has 8 nitrogen and oxygen atoms in total. The normalized spacial score (nSPS) is 11.5. The van der Waals surface area contributed by atoms with Gasteiger partial charge in [-0.1, -0.05) is 17.7 Å². The van der Waals surface area contributed by atoms with E-state index in [1.54, 1.807) is 0 Å². The van der Waals surface area contributed by atoms with Crippen molar-refractivity contribution in [1.29, 1.82) is 0 Å². The summed E-state index contributed by atoms with van der Waals surface area (Å²) in [7, 11) is 0. The van der Waals surface area contributed by atoms with Gasteiger partial charge in [-0.15, -0.1) is 0 Å². The average Bonchev–Trinajstić information content (AvgIpc) is 3.01. The Labute approximate surface area is 193 Å². The maximum Gasteiger partial charge on any atom is 0.416 e. The summed E-state index contributed by atoms with van der Waals surface area (Å²) in [5.41, 5.74) is -2.21. The molecule has 1 amide bonds. The summed E-state index contributed by atoms with van der Waals surface area (Å²) in [5.74, 6) is -1.25. The van der Waals surface area contributed by atoms with Crippen molar-refractivity contribution in [3.8, 4) is 11.5 Å². The van der Waals surface area contributed by atoms with Crippen LogP contribution in [0.1, 0.15) is 23.4 Å². The number of halogens is 6. The van der Waals surface area contributed by atoms with Crippen molar-refractivity contribution < 1.29 is 36.4 Å². The zero-order valence-corrected chi connectivity index (χ0v) is 17.8. The molecule has 14 heteroatoms. The molecule has 0 bridgehead atoms. The molecule has 3 aromatic rings. The maximum absolute atomic E-state index is 12.9. The van der Waals surface area contributed by atoms with Gasteiger partial charge in [-0.05, 0) is 25.1 Å². The fraction of sp³-hybridized carbons (Fsp3) is 0.200. The molecule has 0 saturated carbocycles. The van der Waals surface area contributed by atoms with Crippen LogP contribution >= 0.6 is 11.6 Å². The third-order valence-corrected chi connectivity index (χ3v) is 4.91. The second-order valence-electron chi connectivity index (χ2n) is 6.89. The summed E-state index contributed by atoms with van der Waals surface area (Å²) in [4.78, 5) is 22.9. The Hall–Kier alpha value is -3.74. The molecule has 1 heterocycles. The Morgan fingerprint density at radius 3 is 2.53 bits per heavy atom. The van der Waals surface area contributed by atoms with Gasteiger partial charge in [0.25, 0.3) is 12.1 Å². The highest BCUT2D eigenvalue weighted by Crippen LogP contribution is 2.34. The SMILES string of the molecule is Cc1c(Cl)c(C(F)F)nn1CC(=O)Nc1cc(Oc2cccc(C(F)(F)F)c2)cc([N+](=O)[O-])c1. The van der Waals surface area contributed by atoms with E-state index in [1.165, 1.54) is 13.0 Å². The molecule has 34 heavy (non-hydrogen) atoms. The van der Waals surface area contributed by atoms with E-state index in [9.17, 15) is 36.9 Å². The molecule has 0 atom stereocenters. The maximum atomic E-state index is 12.9. The van der Waals surface area contributed by atoms with Crippen molar-refractivity contribution in [3.63, 3.8) is 0 Å². The number of carbonyl (C=O) groups excluding carboxylic acids is 1. The van der Waals surface area contributed by atoms with Crippen molar-refractivity contribution in [2.24, 2.45) is 0 Å². The van der Waals surface area contributed by atoms with Crippen LogP contribution in [0.2, 0.25) is 5.02 Å². The highest BCUT2D eigenvalue weighted by atomic mass is 35.5. The van der Waals surface area contributed by atoms with Gasteiger partial charge in [0.15, 0.2) is 0 Å². The van der Waals surface area contributed by atoms with Crippen molar-refractivity contribution >= 4 is 28.9 Å². The zero-order valence-electron chi connectivity index (χ0n) is 17.1. The number of aromatic nitrogens is 2. The number of anilines is 1. The molecule has 0 fully saturated rings. The Kier molecular flexibility index (Phi) is 7.05. The average molecular weight is 505 g/mol. The van der Waals surface area contributed by atoms with Crippen LogP contribution in [0.3, 0.4) is 0 Å². The van der Waals surface area contributed by atoms with Crippen LogP contribution in [-0.2, 0) is 17.5 Å². The number of ether oxygens (including phenoxy) is 1. The first kappa shape index (κ1) is 24.9. The molecule has 0 radical (unpaired) electrons. The Balaban J connectivity index is 1.83. The minimum absolute atomic E-state index is 0.111. The van der Waals surface area contributed by atoms with Gasteiger partial charge in [-0.25, -0.2) is 8.78 Å². The summed E-state index contributed by atoms with van der Waals surface area (Å²) in [6.07, 6.45) is -7.58. The molecule has 180 valence electrons. The minimum Gasteiger partial charge on any atom is -0.457 e. The number of nitro benzene ring substituents is 1. The van der Waals surface area contributed by atoms with E-state index < -0.39 is 46.9 Å². The van der Waals surface area contributed by atoms with Crippen LogP contribution in [0, 0.1) is 17.0 Å². The van der Waals surface area contributed by atoms with Crippen molar-refractivity contribution in [1.82, 2.24) is 9.78 Å². The number of non-ortho nitro benzene ring substituents is 1. The van der Waals surface area contributed by atoms with Gasteiger partial charge in [0.05, 0.1) is 33.0 Å². The highest BCUT2D eigenvalue weighted by molar-refractivity contribution is 6.31. The van der Waals surface area contributed by atoms with Crippen LogP contribution in [0.15, 0.2) is 42.5 Å². The van der Waals surface area contributed by atoms with Crippen LogP contribution in [0.5, 0.6) is 11.5 Å². The quantitative estimate of drug-likeness (QED) is 0.237. The number of nitrogens with zero attached hydrogens (tertiary/aromatic N) is 3. The molecule has 0 unspecified atom stereocenters. The lowest BCUT2D eigenvalue weighted by Gasteiger charge is -2.12. The number of rotatable bonds is 7. The fourth-order valence-electron chi connectivity index (χ4n) is 2.87. The standard InChI is InChI=1S/C20H14ClF5N4O4/c1-10-17(21)18(19(22)23)28-29(10)9-16(31)27-12-6-13(30(32)33)8-15(7-12)34-14-4-2-3-11(5-14)20(24,25)26/h2-8,19H,9H2,1H3,(H,27,31). The first-order valence-corrected chi connectivity index (χ1v) is 9.68. The molecule has 0 spiro atoms. The van der Waals surface area contributed by atoms with E-state index in [0.717, 1.165) is 35.0 Å². The zero-order chi connectivity index (χ0) is 25.2. The third kappa shape index (κ3) is 5.78. The molecule has 0 saturated heterocycles. The smallest absolute Gasteiger partial charge is 0.416 e. The first-order valence-electron chi connectivity index (χ1n) is 9.30. The van der Waals surface area contributed by atoms with Gasteiger partial charge < -0.3 is 10.1 Å². The van der Waals surface area contributed by atoms with E-state index in [0.29, 0.717) is 6.07 Å². The Bertz CT molecular complexity index is 1250. The minimum atomic E-state index is -4.63. The third-order valence-electron chi connectivity index (χ3n) is 4.44. The molecular formula is C20H14ClF5N4O4. The Morgan fingerprint density at radius 2 is 1.94 bits per heavy atom. The molecule has 0 aliphatic carbocycles. The lowest BCUT2D eigenvalue weighted by molar-refractivity contribution is -0.384. The summed E-state index contributed by atoms with van der Waals surface area (Å²) >= 11 is 5.79. The Morgan fingerprint density at radius 1 is 1.24 bits per heavy atom. The largest absolute Gasteiger partial charge is 0.457 e. The number of alkyl halides is 5. The number of hydrogen-bond donors (Lipinski definition) is 1. The number of hydrogen-bond acceptors (Lipinski definition) is 5. The molecule has 1 N–H and O–H groups in total. The van der Waals surface area contributed by atoms with Gasteiger partial charge in [0.2, 0.25) is 5.91 Å². The summed E-state index contributed by atoms with van der Waals surface area (Å²) in [6, 6.07) is 6.96. The van der Waals surface area contributed by atoms with E-state index in [4.69, 9.17) is 16.3 Å². The van der Waals surface area contributed by atoms with Crippen LogP contribution < -0.4 is 10.1 Å². The predicted octanol–water partition coefficient (Wildman–Crippen LogP) is 6.14. The monoisotopic (exact) mass is 504 g/mol. The van der Waals surface area contributed by atoms with Crippen molar-refractivity contribution in [3.05, 3.63) is 74.6 Å². The first-order chi connectivity index (χ1) is 15.8. The van der Waals surface area contributed by atoms with Gasteiger partial charge >= 0.3 is 6.18 Å². The van der Waals surface area contributed by atoms with Crippen LogP contribution in [-0.4, -0.2) is 20.6 Å².